The summed E-state index contributed by atoms with van der Waals surface area (Å²) in [7, 11) is 0. The number of aromatic nitrogens is 6. The van der Waals surface area contributed by atoms with Gasteiger partial charge in [0.25, 0.3) is 0 Å². The number of rotatable bonds is 8. The topological polar surface area (TPSA) is 29.6 Å². The molecule has 6 aromatic heterocycles. The molecular formula is C132H88N6. The molecule has 21 aromatic carbocycles. The van der Waals surface area contributed by atoms with Crippen LogP contribution >= 0.6 is 0 Å². The molecule has 0 saturated heterocycles. The van der Waals surface area contributed by atoms with E-state index in [2.05, 4.69) is 502 Å². The van der Waals surface area contributed by atoms with Crippen LogP contribution in [0, 0.1) is 0 Å². The number of hydrogen-bond donors (Lipinski definition) is 0. The Morgan fingerprint density at radius 2 is 0.435 bits per heavy atom. The second kappa shape index (κ2) is 30.2. The van der Waals surface area contributed by atoms with Gasteiger partial charge in [0.15, 0.2) is 0 Å². The molecule has 6 heterocycles. The summed E-state index contributed by atoms with van der Waals surface area (Å²) in [4.78, 5) is 0. The molecule has 31 rings (SSSR count). The maximum Gasteiger partial charge on any atom is 0.0544 e. The van der Waals surface area contributed by atoms with Gasteiger partial charge in [0, 0.05) is 104 Å². The van der Waals surface area contributed by atoms with Crippen LogP contribution in [-0.2, 0) is 24.7 Å². The summed E-state index contributed by atoms with van der Waals surface area (Å²) in [5.74, 6) is 0. The van der Waals surface area contributed by atoms with E-state index in [1.807, 2.05) is 0 Å². The molecule has 6 nitrogen and oxygen atoms in total. The molecule has 0 fully saturated rings. The number of hydrogen-bond acceptors (Lipinski definition) is 0. The van der Waals surface area contributed by atoms with Crippen LogP contribution in [0.4, 0.5) is 0 Å². The van der Waals surface area contributed by atoms with Crippen molar-refractivity contribution >= 4 is 131 Å². The molecule has 0 N–H and O–H groups in total. The third-order valence-corrected chi connectivity index (χ3v) is 30.9. The van der Waals surface area contributed by atoms with E-state index < -0.39 is 0 Å². The standard InChI is InChI=1S/C46H32N2.2C43H28N2/c1-46(2)39-18-10-8-16-33(39)35-26-37-36-25-30(20-22-42(36)47(44(37)27-40(35)46)29-13-4-3-5-14-29)48-41-19-11-9-17-34(41)45-38-24-28-12-6-7-15-31(28)32(38)21-23-43(45)48;2*1-2-11-31(12-3-1)44-39-16-8-6-14-35(39)37-26-29(20-24-41(37)44)28-18-21-32(22-19-28)45-40-17-9-7-15-36(40)43-38-27-30-10-4-5-13-33(30)34(38)23-25-42(43)45/h3-23,25-27H,24H2,1-2H3;2*1-26H,27H2. The lowest BCUT2D eigenvalue weighted by Gasteiger charge is -2.21. The molecule has 0 saturated carbocycles. The molecule has 27 aromatic rings. The van der Waals surface area contributed by atoms with Crippen LogP contribution in [0.5, 0.6) is 0 Å². The number of para-hydroxylation sites is 8. The molecule has 4 aliphatic rings. The van der Waals surface area contributed by atoms with Gasteiger partial charge in [-0.1, -0.05) is 311 Å². The molecule has 0 bridgehead atoms. The van der Waals surface area contributed by atoms with Gasteiger partial charge in [0.2, 0.25) is 0 Å². The Morgan fingerprint density at radius 1 is 0.159 bits per heavy atom. The lowest BCUT2D eigenvalue weighted by molar-refractivity contribution is 0.661. The predicted molar refractivity (Wildman–Crippen MR) is 579 cm³/mol. The predicted octanol–water partition coefficient (Wildman–Crippen LogP) is 34.0. The van der Waals surface area contributed by atoms with Crippen molar-refractivity contribution in [1.82, 2.24) is 27.4 Å². The minimum Gasteiger partial charge on any atom is -0.309 e. The molecule has 0 amide bonds. The van der Waals surface area contributed by atoms with Crippen molar-refractivity contribution in [1.29, 1.82) is 0 Å². The van der Waals surface area contributed by atoms with Crippen LogP contribution in [0.1, 0.15) is 58.4 Å². The highest BCUT2D eigenvalue weighted by Crippen LogP contribution is 2.54. The van der Waals surface area contributed by atoms with Gasteiger partial charge in [-0.15, -0.1) is 0 Å². The number of nitrogens with zero attached hydrogens (tertiary/aromatic N) is 6. The van der Waals surface area contributed by atoms with E-state index in [0.29, 0.717) is 0 Å². The maximum absolute atomic E-state index is 2.49. The highest BCUT2D eigenvalue weighted by Gasteiger charge is 2.37. The van der Waals surface area contributed by atoms with Crippen molar-refractivity contribution in [2.24, 2.45) is 0 Å². The van der Waals surface area contributed by atoms with Crippen LogP contribution in [0.25, 0.3) is 232 Å². The summed E-state index contributed by atoms with van der Waals surface area (Å²) >= 11 is 0. The maximum atomic E-state index is 2.49. The third kappa shape index (κ3) is 11.6. The summed E-state index contributed by atoms with van der Waals surface area (Å²) in [6.45, 7) is 4.74. The van der Waals surface area contributed by atoms with Crippen molar-refractivity contribution in [2.45, 2.75) is 38.5 Å². The summed E-state index contributed by atoms with van der Waals surface area (Å²) in [6.07, 6.45) is 2.95. The summed E-state index contributed by atoms with van der Waals surface area (Å²) in [6, 6.07) is 170. The molecule has 0 atom stereocenters. The minimum absolute atomic E-state index is 0.0634. The molecule has 646 valence electrons. The van der Waals surface area contributed by atoms with E-state index in [0.717, 1.165) is 19.3 Å². The summed E-state index contributed by atoms with van der Waals surface area (Å²) in [5.41, 5.74) is 49.2. The molecule has 6 heteroatoms. The van der Waals surface area contributed by atoms with Crippen LogP contribution in [0.2, 0.25) is 0 Å². The number of benzene rings is 21. The highest BCUT2D eigenvalue weighted by atomic mass is 15.0. The normalized spacial score (nSPS) is 13.0. The highest BCUT2D eigenvalue weighted by molar-refractivity contribution is 6.19. The Bertz CT molecular complexity index is 9440. The van der Waals surface area contributed by atoms with Crippen molar-refractivity contribution in [3.63, 3.8) is 0 Å². The SMILES string of the molecule is CC1(C)c2ccccc2-c2cc3c4cc(-n5c6ccccc6c6c7c(ccc65)-c5ccccc5C7)ccc4n(-c4ccccc4)c3cc21.c1ccc(-n2c3ccccc3c3cc(-c4ccc(-n5c6ccccc6c6c7c(ccc65)-c5ccccc5C7)cc4)ccc32)cc1.c1ccc(-n2c3ccccc3c3cc(-c4ccc(-n5c6ccccc6c6c7c(ccc65)-c5ccccc5C7)cc4)ccc32)cc1. The van der Waals surface area contributed by atoms with Gasteiger partial charge < -0.3 is 27.4 Å². The van der Waals surface area contributed by atoms with Gasteiger partial charge in [-0.05, 0) is 294 Å². The zero-order chi connectivity index (χ0) is 90.7. The Kier molecular flexibility index (Phi) is 17.1. The van der Waals surface area contributed by atoms with E-state index in [9.17, 15) is 0 Å². The molecule has 0 spiro atoms. The lowest BCUT2D eigenvalue weighted by atomic mass is 9.82. The molecule has 0 aliphatic heterocycles. The first kappa shape index (κ1) is 78.0. The minimum atomic E-state index is -0.0634. The monoisotopic (exact) mass is 1760 g/mol. The second-order valence-corrected chi connectivity index (χ2v) is 38.4. The van der Waals surface area contributed by atoms with Crippen LogP contribution in [0.3, 0.4) is 0 Å². The van der Waals surface area contributed by atoms with Crippen LogP contribution < -0.4 is 0 Å². The van der Waals surface area contributed by atoms with E-state index in [4.69, 9.17) is 0 Å². The van der Waals surface area contributed by atoms with Crippen LogP contribution in [0.15, 0.2) is 461 Å². The largest absolute Gasteiger partial charge is 0.309 e. The van der Waals surface area contributed by atoms with E-state index in [-0.39, 0.29) is 5.41 Å². The average molecular weight is 1760 g/mol. The van der Waals surface area contributed by atoms with Gasteiger partial charge in [0.05, 0.1) is 66.2 Å². The van der Waals surface area contributed by atoms with Crippen molar-refractivity contribution in [3.8, 4) is 101 Å². The smallest absolute Gasteiger partial charge is 0.0544 e. The van der Waals surface area contributed by atoms with Gasteiger partial charge in [-0.3, -0.25) is 0 Å². The first-order valence-electron chi connectivity index (χ1n) is 48.3. The Hall–Kier alpha value is -17.6. The van der Waals surface area contributed by atoms with Gasteiger partial charge >= 0.3 is 0 Å². The summed E-state index contributed by atoms with van der Waals surface area (Å²) < 4.78 is 14.6. The Morgan fingerprint density at radius 3 is 0.848 bits per heavy atom. The van der Waals surface area contributed by atoms with Gasteiger partial charge in [-0.25, -0.2) is 0 Å². The van der Waals surface area contributed by atoms with Crippen molar-refractivity contribution < 1.29 is 0 Å². The molecule has 138 heavy (non-hydrogen) atoms. The van der Waals surface area contributed by atoms with Crippen LogP contribution in [-0.4, -0.2) is 27.4 Å². The van der Waals surface area contributed by atoms with Crippen molar-refractivity contribution in [3.05, 3.63) is 506 Å². The Balaban J connectivity index is 0.0000000999. The van der Waals surface area contributed by atoms with E-state index >= 15 is 0 Å². The molecular weight excluding hydrogens is 1670 g/mol. The average Bonchev–Trinajstić information content (AvgIpc) is 1.55. The third-order valence-electron chi connectivity index (χ3n) is 30.9. The number of fused-ring (bicyclic) bond motifs is 33. The lowest BCUT2D eigenvalue weighted by Crippen LogP contribution is -2.14. The van der Waals surface area contributed by atoms with Gasteiger partial charge in [-0.2, -0.15) is 0 Å². The molecule has 0 radical (unpaired) electrons. The zero-order valence-electron chi connectivity index (χ0n) is 76.2. The second-order valence-electron chi connectivity index (χ2n) is 38.4. The molecule has 0 unspecified atom stereocenters. The van der Waals surface area contributed by atoms with Crippen molar-refractivity contribution in [2.75, 3.05) is 0 Å². The van der Waals surface area contributed by atoms with E-state index in [1.165, 1.54) is 276 Å². The van der Waals surface area contributed by atoms with Gasteiger partial charge in [0.1, 0.15) is 0 Å². The Labute approximate surface area is 797 Å². The fourth-order valence-corrected chi connectivity index (χ4v) is 24.7. The quantitative estimate of drug-likeness (QED) is 0.145. The fraction of sp³-hybridized carbons (Fsp3) is 0.0455. The molecule has 4 aliphatic carbocycles. The zero-order valence-corrected chi connectivity index (χ0v) is 76.2. The first-order chi connectivity index (χ1) is 68.2. The fourth-order valence-electron chi connectivity index (χ4n) is 24.7. The van der Waals surface area contributed by atoms with E-state index in [1.54, 1.807) is 0 Å². The summed E-state index contributed by atoms with van der Waals surface area (Å²) in [5, 5.41) is 15.7. The first-order valence-corrected chi connectivity index (χ1v) is 48.3.